The molecule has 0 heterocycles. The summed E-state index contributed by atoms with van der Waals surface area (Å²) in [6.45, 7) is 1.85. The van der Waals surface area contributed by atoms with E-state index >= 15 is 0 Å². The maximum Gasteiger partial charge on any atom is 0.0466 e. The summed E-state index contributed by atoms with van der Waals surface area (Å²) < 4.78 is 5.78. The van der Waals surface area contributed by atoms with Crippen molar-refractivity contribution in [2.75, 3.05) is 24.7 Å². The SMILES string of the molecule is Nc1ccc(CCCCCCCOCCCCCCCc2ccc(N)cc2)cc1. The van der Waals surface area contributed by atoms with Crippen LogP contribution in [0.1, 0.15) is 75.3 Å². The summed E-state index contributed by atoms with van der Waals surface area (Å²) >= 11 is 0. The molecule has 0 amide bonds. The number of hydrogen-bond acceptors (Lipinski definition) is 3. The van der Waals surface area contributed by atoms with Gasteiger partial charge in [0.05, 0.1) is 0 Å². The lowest BCUT2D eigenvalue weighted by atomic mass is 10.1. The molecule has 3 heteroatoms. The second-order valence-electron chi connectivity index (χ2n) is 8.13. The van der Waals surface area contributed by atoms with Crippen LogP contribution in [-0.4, -0.2) is 13.2 Å². The summed E-state index contributed by atoms with van der Waals surface area (Å²) in [4.78, 5) is 0. The lowest BCUT2D eigenvalue weighted by Crippen LogP contribution is -1.97. The van der Waals surface area contributed by atoms with Gasteiger partial charge in [0.25, 0.3) is 0 Å². The summed E-state index contributed by atoms with van der Waals surface area (Å²) in [6.07, 6.45) is 15.1. The normalized spacial score (nSPS) is 11.0. The van der Waals surface area contributed by atoms with Crippen LogP contribution in [0.15, 0.2) is 48.5 Å². The van der Waals surface area contributed by atoms with Crippen LogP contribution in [0.2, 0.25) is 0 Å². The van der Waals surface area contributed by atoms with Crippen molar-refractivity contribution in [3.63, 3.8) is 0 Å². The quantitative estimate of drug-likeness (QED) is 0.250. The molecule has 0 aromatic heterocycles. The Labute approximate surface area is 177 Å². The molecule has 0 bridgehead atoms. The third-order valence-corrected chi connectivity index (χ3v) is 5.47. The van der Waals surface area contributed by atoms with Crippen LogP contribution >= 0.6 is 0 Å². The maximum absolute atomic E-state index is 5.78. The Hall–Kier alpha value is -2.00. The van der Waals surface area contributed by atoms with E-state index in [0.29, 0.717) is 0 Å². The Morgan fingerprint density at radius 3 is 1.21 bits per heavy atom. The highest BCUT2D eigenvalue weighted by atomic mass is 16.5. The molecule has 0 fully saturated rings. The van der Waals surface area contributed by atoms with Gasteiger partial charge < -0.3 is 16.2 Å². The van der Waals surface area contributed by atoms with Crippen molar-refractivity contribution in [1.29, 1.82) is 0 Å². The average molecular weight is 397 g/mol. The first-order chi connectivity index (χ1) is 14.2. The number of aryl methyl sites for hydroxylation is 2. The van der Waals surface area contributed by atoms with E-state index in [1.165, 1.54) is 75.3 Å². The van der Waals surface area contributed by atoms with Crippen LogP contribution in [-0.2, 0) is 17.6 Å². The number of benzene rings is 2. The Bertz CT molecular complexity index is 579. The zero-order valence-electron chi connectivity index (χ0n) is 18.1. The monoisotopic (exact) mass is 396 g/mol. The van der Waals surface area contributed by atoms with Crippen molar-refractivity contribution in [3.05, 3.63) is 59.7 Å². The van der Waals surface area contributed by atoms with Gasteiger partial charge in [-0.1, -0.05) is 62.8 Å². The Morgan fingerprint density at radius 1 is 0.448 bits per heavy atom. The second-order valence-corrected chi connectivity index (χ2v) is 8.13. The molecule has 0 saturated heterocycles. The third-order valence-electron chi connectivity index (χ3n) is 5.47. The third kappa shape index (κ3) is 11.6. The summed E-state index contributed by atoms with van der Waals surface area (Å²) in [5.74, 6) is 0. The molecule has 0 spiro atoms. The Balaban J connectivity index is 1.29. The summed E-state index contributed by atoms with van der Waals surface area (Å²) in [7, 11) is 0. The van der Waals surface area contributed by atoms with Crippen LogP contribution in [0.25, 0.3) is 0 Å². The number of hydrogen-bond donors (Lipinski definition) is 2. The molecule has 0 aliphatic rings. The first-order valence-corrected chi connectivity index (χ1v) is 11.5. The Kier molecular flexibility index (Phi) is 12.0. The molecule has 2 aromatic rings. The van der Waals surface area contributed by atoms with Crippen molar-refractivity contribution >= 4 is 11.4 Å². The van der Waals surface area contributed by atoms with Crippen LogP contribution in [0.3, 0.4) is 0 Å². The van der Waals surface area contributed by atoms with Gasteiger partial charge in [-0.2, -0.15) is 0 Å². The average Bonchev–Trinajstić information content (AvgIpc) is 2.73. The van der Waals surface area contributed by atoms with Gasteiger partial charge in [-0.15, -0.1) is 0 Å². The van der Waals surface area contributed by atoms with Gasteiger partial charge in [-0.25, -0.2) is 0 Å². The van der Waals surface area contributed by atoms with Crippen molar-refractivity contribution in [2.24, 2.45) is 0 Å². The molecule has 2 rings (SSSR count). The van der Waals surface area contributed by atoms with Gasteiger partial charge in [-0.05, 0) is 73.9 Å². The van der Waals surface area contributed by atoms with Crippen LogP contribution in [0.4, 0.5) is 11.4 Å². The molecule has 0 radical (unpaired) electrons. The predicted octanol–water partition coefficient (Wildman–Crippen LogP) is 6.55. The van der Waals surface area contributed by atoms with Gasteiger partial charge in [0, 0.05) is 24.6 Å². The van der Waals surface area contributed by atoms with E-state index in [1.54, 1.807) is 0 Å². The highest BCUT2D eigenvalue weighted by Crippen LogP contribution is 2.12. The standard InChI is InChI=1S/C26H40N2O/c27-25-17-13-23(14-18-25)11-7-3-1-5-9-21-29-22-10-6-2-4-8-12-24-15-19-26(28)20-16-24/h13-20H,1-12,21-22,27-28H2. The van der Waals surface area contributed by atoms with Crippen molar-refractivity contribution in [3.8, 4) is 0 Å². The fourth-order valence-corrected chi connectivity index (χ4v) is 3.60. The van der Waals surface area contributed by atoms with Crippen molar-refractivity contribution < 1.29 is 4.74 Å². The van der Waals surface area contributed by atoms with E-state index < -0.39 is 0 Å². The molecule has 160 valence electrons. The molecule has 29 heavy (non-hydrogen) atoms. The molecule has 2 aromatic carbocycles. The molecule has 0 unspecified atom stereocenters. The van der Waals surface area contributed by atoms with E-state index in [1.807, 2.05) is 24.3 Å². The fourth-order valence-electron chi connectivity index (χ4n) is 3.60. The second kappa shape index (κ2) is 14.9. The van der Waals surface area contributed by atoms with Crippen LogP contribution < -0.4 is 11.5 Å². The first-order valence-electron chi connectivity index (χ1n) is 11.5. The van der Waals surface area contributed by atoms with Gasteiger partial charge in [0.15, 0.2) is 0 Å². The van der Waals surface area contributed by atoms with Crippen LogP contribution in [0.5, 0.6) is 0 Å². The molecule has 0 aliphatic carbocycles. The minimum atomic E-state index is 0.850. The number of rotatable bonds is 16. The van der Waals surface area contributed by atoms with E-state index in [9.17, 15) is 0 Å². The maximum atomic E-state index is 5.78. The topological polar surface area (TPSA) is 61.3 Å². The number of anilines is 2. The highest BCUT2D eigenvalue weighted by molar-refractivity contribution is 5.39. The largest absolute Gasteiger partial charge is 0.399 e. The lowest BCUT2D eigenvalue weighted by molar-refractivity contribution is 0.125. The van der Waals surface area contributed by atoms with E-state index in [4.69, 9.17) is 16.2 Å². The zero-order chi connectivity index (χ0) is 20.6. The molecule has 4 N–H and O–H groups in total. The number of nitrogens with two attached hydrogens (primary N) is 2. The van der Waals surface area contributed by atoms with Gasteiger partial charge in [0.2, 0.25) is 0 Å². The van der Waals surface area contributed by atoms with Crippen LogP contribution in [0, 0.1) is 0 Å². The molecule has 0 aliphatic heterocycles. The molecule has 0 saturated carbocycles. The summed E-state index contributed by atoms with van der Waals surface area (Å²) in [6, 6.07) is 16.5. The summed E-state index contributed by atoms with van der Waals surface area (Å²) in [5.41, 5.74) is 15.9. The molecular formula is C26H40N2O. The van der Waals surface area contributed by atoms with Gasteiger partial charge in [0.1, 0.15) is 0 Å². The lowest BCUT2D eigenvalue weighted by Gasteiger charge is -2.06. The number of nitrogen functional groups attached to an aromatic ring is 2. The minimum Gasteiger partial charge on any atom is -0.399 e. The number of unbranched alkanes of at least 4 members (excludes halogenated alkanes) is 8. The van der Waals surface area contributed by atoms with Gasteiger partial charge in [-0.3, -0.25) is 0 Å². The van der Waals surface area contributed by atoms with E-state index in [0.717, 1.165) is 37.4 Å². The van der Waals surface area contributed by atoms with Crippen molar-refractivity contribution in [2.45, 2.75) is 77.0 Å². The predicted molar refractivity (Wildman–Crippen MR) is 126 cm³/mol. The zero-order valence-corrected chi connectivity index (χ0v) is 18.1. The molecule has 3 nitrogen and oxygen atoms in total. The van der Waals surface area contributed by atoms with E-state index in [2.05, 4.69) is 24.3 Å². The van der Waals surface area contributed by atoms with Crippen molar-refractivity contribution in [1.82, 2.24) is 0 Å². The number of ether oxygens (including phenoxy) is 1. The Morgan fingerprint density at radius 2 is 0.793 bits per heavy atom. The minimum absolute atomic E-state index is 0.850. The van der Waals surface area contributed by atoms with E-state index in [-0.39, 0.29) is 0 Å². The first kappa shape index (κ1) is 23.3. The fraction of sp³-hybridized carbons (Fsp3) is 0.538. The molecule has 0 atom stereocenters. The van der Waals surface area contributed by atoms with Gasteiger partial charge >= 0.3 is 0 Å². The summed E-state index contributed by atoms with van der Waals surface area (Å²) in [5, 5.41) is 0. The molecular weight excluding hydrogens is 356 g/mol. The highest BCUT2D eigenvalue weighted by Gasteiger charge is 1.97. The smallest absolute Gasteiger partial charge is 0.0466 e.